The highest BCUT2D eigenvalue weighted by Gasteiger charge is 2.25. The number of aromatic carboxylic acids is 1. The fourth-order valence-electron chi connectivity index (χ4n) is 1.97. The molecule has 1 N–H and O–H groups in total. The van der Waals surface area contributed by atoms with E-state index in [1.165, 1.54) is 11.3 Å². The van der Waals surface area contributed by atoms with Crippen LogP contribution in [0.4, 0.5) is 0 Å². The Morgan fingerprint density at radius 1 is 1.69 bits per heavy atom. The molecule has 0 bridgehead atoms. The number of hydrogen-bond acceptors (Lipinski definition) is 4. The lowest BCUT2D eigenvalue weighted by Crippen LogP contribution is -2.24. The largest absolute Gasteiger partial charge is 0.477 e. The number of fused-ring (bicyclic) bond motifs is 1. The second kappa shape index (κ2) is 4.53. The van der Waals surface area contributed by atoms with Gasteiger partial charge >= 0.3 is 5.97 Å². The summed E-state index contributed by atoms with van der Waals surface area (Å²) >= 11 is 1.34. The number of ether oxygens (including phenoxy) is 1. The zero-order valence-corrected chi connectivity index (χ0v) is 10.2. The van der Waals surface area contributed by atoms with Crippen molar-refractivity contribution < 1.29 is 14.6 Å². The van der Waals surface area contributed by atoms with Gasteiger partial charge in [-0.1, -0.05) is 0 Å². The van der Waals surface area contributed by atoms with Gasteiger partial charge in [-0.15, -0.1) is 11.3 Å². The summed E-state index contributed by atoms with van der Waals surface area (Å²) in [5.41, 5.74) is 1.12. The predicted molar refractivity (Wildman–Crippen MR) is 62.2 cm³/mol. The van der Waals surface area contributed by atoms with Crippen LogP contribution in [-0.4, -0.2) is 43.2 Å². The second-order valence-corrected chi connectivity index (χ2v) is 5.13. The average Bonchev–Trinajstić information content (AvgIpc) is 2.61. The lowest BCUT2D eigenvalue weighted by molar-refractivity contribution is 0.0702. The van der Waals surface area contributed by atoms with Crippen LogP contribution in [-0.2, 0) is 11.2 Å². The van der Waals surface area contributed by atoms with Crippen molar-refractivity contribution in [1.82, 2.24) is 4.90 Å². The molecule has 0 fully saturated rings. The van der Waals surface area contributed by atoms with Gasteiger partial charge in [0.2, 0.25) is 0 Å². The third kappa shape index (κ3) is 2.11. The number of nitrogens with zero attached hydrogens (tertiary/aromatic N) is 1. The van der Waals surface area contributed by atoms with Gasteiger partial charge in [0.25, 0.3) is 0 Å². The van der Waals surface area contributed by atoms with Crippen LogP contribution in [0.2, 0.25) is 0 Å². The molecule has 0 aliphatic carbocycles. The standard InChI is InChI=1S/C11H15NO3S/c1-12-4-3-7-5-9(11(13)14)16-10(7)8(6-12)15-2/h5,8H,3-4,6H2,1-2H3,(H,13,14). The molecule has 88 valence electrons. The van der Waals surface area contributed by atoms with Gasteiger partial charge in [0.1, 0.15) is 11.0 Å². The van der Waals surface area contributed by atoms with Crippen LogP contribution in [0.25, 0.3) is 0 Å². The molecule has 0 saturated carbocycles. The third-order valence-corrected chi connectivity index (χ3v) is 4.13. The van der Waals surface area contributed by atoms with Crippen LogP contribution in [0.1, 0.15) is 26.2 Å². The average molecular weight is 241 g/mol. The molecule has 0 aromatic carbocycles. The number of methoxy groups -OCH3 is 1. The van der Waals surface area contributed by atoms with E-state index < -0.39 is 5.97 Å². The lowest BCUT2D eigenvalue weighted by Gasteiger charge is -2.18. The van der Waals surface area contributed by atoms with E-state index in [4.69, 9.17) is 9.84 Å². The molecule has 1 aromatic rings. The van der Waals surface area contributed by atoms with E-state index in [0.717, 1.165) is 30.0 Å². The summed E-state index contributed by atoms with van der Waals surface area (Å²) in [6.45, 7) is 1.77. The van der Waals surface area contributed by atoms with Crippen LogP contribution in [0.5, 0.6) is 0 Å². The predicted octanol–water partition coefficient (Wildman–Crippen LogP) is 1.62. The molecule has 0 spiro atoms. The summed E-state index contributed by atoms with van der Waals surface area (Å²) < 4.78 is 5.44. The first-order valence-corrected chi connectivity index (χ1v) is 6.00. The maximum atomic E-state index is 10.9. The van der Waals surface area contributed by atoms with Crippen molar-refractivity contribution in [2.24, 2.45) is 0 Å². The Morgan fingerprint density at radius 3 is 3.06 bits per heavy atom. The fraction of sp³-hybridized carbons (Fsp3) is 0.545. The van der Waals surface area contributed by atoms with Gasteiger partial charge in [-0.25, -0.2) is 4.79 Å². The molecule has 2 heterocycles. The summed E-state index contributed by atoms with van der Waals surface area (Å²) in [7, 11) is 3.73. The smallest absolute Gasteiger partial charge is 0.345 e. The Bertz CT molecular complexity index is 402. The number of carbonyl (C=O) groups is 1. The maximum absolute atomic E-state index is 10.9. The molecule has 0 saturated heterocycles. The minimum absolute atomic E-state index is 0.000556. The van der Waals surface area contributed by atoms with Crippen LogP contribution in [0.3, 0.4) is 0 Å². The van der Waals surface area contributed by atoms with Gasteiger partial charge in [-0.2, -0.15) is 0 Å². The van der Waals surface area contributed by atoms with Crippen molar-refractivity contribution >= 4 is 17.3 Å². The molecular formula is C11H15NO3S. The second-order valence-electron chi connectivity index (χ2n) is 4.04. The number of carboxylic acids is 1. The van der Waals surface area contributed by atoms with Crippen molar-refractivity contribution in [2.45, 2.75) is 12.5 Å². The maximum Gasteiger partial charge on any atom is 0.345 e. The molecular weight excluding hydrogens is 226 g/mol. The molecule has 0 amide bonds. The minimum atomic E-state index is -0.846. The van der Waals surface area contributed by atoms with Crippen molar-refractivity contribution in [2.75, 3.05) is 27.2 Å². The highest BCUT2D eigenvalue weighted by molar-refractivity contribution is 7.14. The van der Waals surface area contributed by atoms with Gasteiger partial charge in [-0.05, 0) is 25.1 Å². The van der Waals surface area contributed by atoms with E-state index in [-0.39, 0.29) is 6.10 Å². The fourth-order valence-corrected chi connectivity index (χ4v) is 3.09. The molecule has 2 rings (SSSR count). The minimum Gasteiger partial charge on any atom is -0.477 e. The van der Waals surface area contributed by atoms with E-state index in [1.807, 2.05) is 0 Å². The van der Waals surface area contributed by atoms with Gasteiger partial charge in [0.15, 0.2) is 0 Å². The topological polar surface area (TPSA) is 49.8 Å². The number of thiophene rings is 1. The number of rotatable bonds is 2. The Hall–Kier alpha value is -0.910. The van der Waals surface area contributed by atoms with E-state index >= 15 is 0 Å². The Morgan fingerprint density at radius 2 is 2.44 bits per heavy atom. The molecule has 5 heteroatoms. The summed E-state index contributed by atoms with van der Waals surface area (Å²) in [5, 5.41) is 8.97. The van der Waals surface area contributed by atoms with Crippen LogP contribution < -0.4 is 0 Å². The molecule has 1 aromatic heterocycles. The van der Waals surface area contributed by atoms with Crippen molar-refractivity contribution in [1.29, 1.82) is 0 Å². The highest BCUT2D eigenvalue weighted by atomic mass is 32.1. The van der Waals surface area contributed by atoms with E-state index in [0.29, 0.717) is 4.88 Å². The SMILES string of the molecule is COC1CN(C)CCc2cc(C(=O)O)sc21. The Labute approximate surface area is 98.4 Å². The molecule has 0 radical (unpaired) electrons. The molecule has 1 aliphatic rings. The van der Waals surface area contributed by atoms with Crippen molar-refractivity contribution in [3.63, 3.8) is 0 Å². The zero-order chi connectivity index (χ0) is 11.7. The number of likely N-dealkylation sites (N-methyl/N-ethyl adjacent to an activating group) is 1. The quantitative estimate of drug-likeness (QED) is 0.855. The number of carboxylic acid groups (broad SMARTS) is 1. The van der Waals surface area contributed by atoms with Gasteiger partial charge in [-0.3, -0.25) is 0 Å². The molecule has 1 unspecified atom stereocenters. The molecule has 4 nitrogen and oxygen atoms in total. The first-order valence-electron chi connectivity index (χ1n) is 5.19. The van der Waals surface area contributed by atoms with Gasteiger partial charge < -0.3 is 14.7 Å². The van der Waals surface area contributed by atoms with Crippen LogP contribution in [0.15, 0.2) is 6.07 Å². The monoisotopic (exact) mass is 241 g/mol. The van der Waals surface area contributed by atoms with Crippen molar-refractivity contribution in [3.05, 3.63) is 21.4 Å². The summed E-state index contributed by atoms with van der Waals surface area (Å²) in [6, 6.07) is 1.79. The molecule has 16 heavy (non-hydrogen) atoms. The molecule has 1 atom stereocenters. The normalized spacial score (nSPS) is 21.5. The van der Waals surface area contributed by atoms with E-state index in [9.17, 15) is 4.79 Å². The first-order chi connectivity index (χ1) is 7.61. The van der Waals surface area contributed by atoms with E-state index in [2.05, 4.69) is 11.9 Å². The molecule has 1 aliphatic heterocycles. The van der Waals surface area contributed by atoms with Crippen LogP contribution in [0, 0.1) is 0 Å². The summed E-state index contributed by atoms with van der Waals surface area (Å²) in [6.07, 6.45) is 0.899. The summed E-state index contributed by atoms with van der Waals surface area (Å²) in [4.78, 5) is 14.6. The van der Waals surface area contributed by atoms with Crippen LogP contribution >= 0.6 is 11.3 Å². The zero-order valence-electron chi connectivity index (χ0n) is 9.40. The van der Waals surface area contributed by atoms with E-state index in [1.54, 1.807) is 13.2 Å². The van der Waals surface area contributed by atoms with Gasteiger partial charge in [0, 0.05) is 25.1 Å². The van der Waals surface area contributed by atoms with Gasteiger partial charge in [0.05, 0.1) is 0 Å². The number of hydrogen-bond donors (Lipinski definition) is 1. The highest BCUT2D eigenvalue weighted by Crippen LogP contribution is 2.33. The van der Waals surface area contributed by atoms with Crippen molar-refractivity contribution in [3.8, 4) is 0 Å². The Balaban J connectivity index is 2.36. The Kier molecular flexibility index (Phi) is 3.28. The third-order valence-electron chi connectivity index (χ3n) is 2.87. The first kappa shape index (κ1) is 11.6. The lowest BCUT2D eigenvalue weighted by atomic mass is 10.1. The summed E-state index contributed by atoms with van der Waals surface area (Å²) in [5.74, 6) is -0.846.